The number of nitrogens with zero attached hydrogens (tertiary/aromatic N) is 3. The summed E-state index contributed by atoms with van der Waals surface area (Å²) in [6.07, 6.45) is 0. The second-order valence-corrected chi connectivity index (χ2v) is 11.2. The lowest BCUT2D eigenvalue weighted by molar-refractivity contribution is -0.387. The highest BCUT2D eigenvalue weighted by atomic mass is 35.5. The number of para-hydroxylation sites is 1. The zero-order valence-electron chi connectivity index (χ0n) is 19.0. The van der Waals surface area contributed by atoms with Gasteiger partial charge in [-0.2, -0.15) is 9.57 Å². The second kappa shape index (κ2) is 10.4. The molecule has 0 aliphatic rings. The van der Waals surface area contributed by atoms with Gasteiger partial charge in [0.1, 0.15) is 6.07 Å². The number of benzene rings is 2. The molecule has 0 amide bonds. The summed E-state index contributed by atoms with van der Waals surface area (Å²) in [6.45, 7) is 4.81. The number of nitro groups is 1. The van der Waals surface area contributed by atoms with Gasteiger partial charge in [0.05, 0.1) is 27.5 Å². The maximum atomic E-state index is 13.2. The number of sulfonamides is 1. The van der Waals surface area contributed by atoms with Gasteiger partial charge in [0, 0.05) is 25.3 Å². The maximum absolute atomic E-state index is 13.2. The van der Waals surface area contributed by atoms with Crippen molar-refractivity contribution in [2.24, 2.45) is 11.3 Å². The zero-order valence-corrected chi connectivity index (χ0v) is 20.6. The Morgan fingerprint density at radius 1 is 1.29 bits per heavy atom. The van der Waals surface area contributed by atoms with Gasteiger partial charge in [0.25, 0.3) is 5.69 Å². The van der Waals surface area contributed by atoms with Crippen molar-refractivity contribution in [2.75, 3.05) is 18.9 Å². The number of rotatable bonds is 9. The fourth-order valence-corrected chi connectivity index (χ4v) is 5.23. The van der Waals surface area contributed by atoms with Crippen LogP contribution >= 0.6 is 11.6 Å². The third-order valence-corrected chi connectivity index (χ3v) is 7.43. The number of carbonyl (C=O) groups is 1. The molecule has 182 valence electrons. The van der Waals surface area contributed by atoms with Crippen LogP contribution in [-0.4, -0.2) is 48.4 Å². The third kappa shape index (κ3) is 6.02. The van der Waals surface area contributed by atoms with Gasteiger partial charge in [-0.1, -0.05) is 44.5 Å². The van der Waals surface area contributed by atoms with E-state index in [1.54, 1.807) is 20.8 Å². The highest BCUT2D eigenvalue weighted by Crippen LogP contribution is 2.33. The Morgan fingerprint density at radius 2 is 1.91 bits per heavy atom. The first-order chi connectivity index (χ1) is 15.7. The van der Waals surface area contributed by atoms with Gasteiger partial charge in [0.2, 0.25) is 10.0 Å². The summed E-state index contributed by atoms with van der Waals surface area (Å²) in [5.74, 6) is -2.22. The van der Waals surface area contributed by atoms with Crippen LogP contribution in [-0.2, 0) is 14.8 Å². The van der Waals surface area contributed by atoms with Crippen LogP contribution < -0.4 is 5.32 Å². The number of halogens is 1. The molecule has 2 atom stereocenters. The van der Waals surface area contributed by atoms with E-state index >= 15 is 0 Å². The van der Waals surface area contributed by atoms with E-state index in [-0.39, 0.29) is 17.1 Å². The van der Waals surface area contributed by atoms with E-state index in [0.717, 1.165) is 16.4 Å². The molecule has 0 aliphatic carbocycles. The number of carboxylic acid groups (broad SMARTS) is 1. The van der Waals surface area contributed by atoms with E-state index in [4.69, 9.17) is 16.9 Å². The first kappa shape index (κ1) is 27.0. The molecule has 0 heterocycles. The van der Waals surface area contributed by atoms with Crippen molar-refractivity contribution in [3.63, 3.8) is 0 Å². The molecular formula is C22H25ClN4O6S. The maximum Gasteiger partial charge on any atom is 0.309 e. The van der Waals surface area contributed by atoms with E-state index in [1.807, 2.05) is 6.07 Å². The molecule has 0 bridgehead atoms. The smallest absolute Gasteiger partial charge is 0.309 e. The Hall–Kier alpha value is -3.20. The number of likely N-dealkylation sites (N-methyl/N-ethyl adjacent to an activating group) is 1. The quantitative estimate of drug-likeness (QED) is 0.381. The topological polar surface area (TPSA) is 154 Å². The Kier molecular flexibility index (Phi) is 8.26. The van der Waals surface area contributed by atoms with Crippen molar-refractivity contribution in [2.45, 2.75) is 31.7 Å². The van der Waals surface area contributed by atoms with Crippen molar-refractivity contribution in [3.05, 3.63) is 63.2 Å². The molecule has 10 nitrogen and oxygen atoms in total. The number of hydrogen-bond acceptors (Lipinski definition) is 7. The highest BCUT2D eigenvalue weighted by molar-refractivity contribution is 7.89. The summed E-state index contributed by atoms with van der Waals surface area (Å²) in [5, 5.41) is 33.6. The summed E-state index contributed by atoms with van der Waals surface area (Å²) < 4.78 is 27.3. The van der Waals surface area contributed by atoms with Crippen molar-refractivity contribution < 1.29 is 23.2 Å². The van der Waals surface area contributed by atoms with Crippen LogP contribution in [0.2, 0.25) is 5.02 Å². The van der Waals surface area contributed by atoms with Gasteiger partial charge in [-0.05, 0) is 29.7 Å². The van der Waals surface area contributed by atoms with Crippen molar-refractivity contribution in [1.29, 1.82) is 5.26 Å². The summed E-state index contributed by atoms with van der Waals surface area (Å²) in [6, 6.07) is 10.4. The van der Waals surface area contributed by atoms with Crippen LogP contribution in [0.4, 0.5) is 11.4 Å². The summed E-state index contributed by atoms with van der Waals surface area (Å²) >= 11 is 6.10. The molecule has 34 heavy (non-hydrogen) atoms. The van der Waals surface area contributed by atoms with Crippen molar-refractivity contribution in [1.82, 2.24) is 4.31 Å². The summed E-state index contributed by atoms with van der Waals surface area (Å²) in [5.41, 5.74) is -0.752. The van der Waals surface area contributed by atoms with Gasteiger partial charge in [-0.3, -0.25) is 14.9 Å². The number of nitro benzene ring substituents is 1. The molecule has 0 aromatic heterocycles. The first-order valence-corrected chi connectivity index (χ1v) is 11.9. The molecule has 0 spiro atoms. The molecule has 2 N–H and O–H groups in total. The van der Waals surface area contributed by atoms with Crippen LogP contribution in [0.25, 0.3) is 0 Å². The average Bonchev–Trinajstić information content (AvgIpc) is 2.72. The fourth-order valence-electron chi connectivity index (χ4n) is 3.66. The summed E-state index contributed by atoms with van der Waals surface area (Å²) in [7, 11) is -3.11. The number of aliphatic carboxylic acids is 1. The normalized spacial score (nSPS) is 13.7. The predicted octanol–water partition coefficient (Wildman–Crippen LogP) is 3.97. The lowest BCUT2D eigenvalue weighted by Crippen LogP contribution is -2.49. The Labute approximate surface area is 203 Å². The lowest BCUT2D eigenvalue weighted by atomic mass is 9.76. The minimum atomic E-state index is -4.34. The number of nitrogens with one attached hydrogen (secondary N) is 1. The van der Waals surface area contributed by atoms with Crippen LogP contribution in [0, 0.1) is 32.8 Å². The van der Waals surface area contributed by atoms with Gasteiger partial charge in [0.15, 0.2) is 4.90 Å². The van der Waals surface area contributed by atoms with Gasteiger partial charge >= 0.3 is 5.97 Å². The fraction of sp³-hybridized carbons (Fsp3) is 0.364. The van der Waals surface area contributed by atoms with E-state index in [2.05, 4.69) is 5.32 Å². The average molecular weight is 509 g/mol. The SMILES string of the molecule is CN(C[C@@H](Nc1ccc(C#N)c(Cl)c1)C(C(=O)O)C(C)(C)C)S(=O)(=O)c1ccccc1[N+](=O)[O-]. The van der Waals surface area contributed by atoms with E-state index in [0.29, 0.717) is 5.69 Å². The molecule has 0 saturated heterocycles. The Bertz CT molecular complexity index is 1240. The molecule has 0 saturated carbocycles. The van der Waals surface area contributed by atoms with Crippen molar-refractivity contribution >= 4 is 39.0 Å². The van der Waals surface area contributed by atoms with Gasteiger partial charge in [-0.25, -0.2) is 8.42 Å². The largest absolute Gasteiger partial charge is 0.481 e. The molecule has 2 aromatic carbocycles. The number of nitriles is 1. The highest BCUT2D eigenvalue weighted by Gasteiger charge is 2.41. The van der Waals surface area contributed by atoms with Crippen molar-refractivity contribution in [3.8, 4) is 6.07 Å². The molecule has 2 rings (SSSR count). The molecule has 2 aromatic rings. The minimum absolute atomic E-state index is 0.148. The van der Waals surface area contributed by atoms with Gasteiger partial charge in [-0.15, -0.1) is 0 Å². The minimum Gasteiger partial charge on any atom is -0.481 e. The Morgan fingerprint density at radius 3 is 2.41 bits per heavy atom. The zero-order chi connectivity index (χ0) is 25.8. The van der Waals surface area contributed by atoms with Crippen LogP contribution in [0.1, 0.15) is 26.3 Å². The molecule has 12 heteroatoms. The lowest BCUT2D eigenvalue weighted by Gasteiger charge is -2.36. The van der Waals surface area contributed by atoms with E-state index in [1.165, 1.54) is 37.4 Å². The van der Waals surface area contributed by atoms with Gasteiger partial charge < -0.3 is 10.4 Å². The van der Waals surface area contributed by atoms with Crippen LogP contribution in [0.3, 0.4) is 0 Å². The predicted molar refractivity (Wildman–Crippen MR) is 127 cm³/mol. The number of hydrogen-bond donors (Lipinski definition) is 2. The standard InChI is InChI=1S/C22H25ClN4O6S/c1-22(2,3)20(21(28)29)17(25-15-10-9-14(12-24)16(23)11-15)13-26(4)34(32,33)19-8-6-5-7-18(19)27(30)31/h5-11,17,20,25H,13H2,1-4H3,(H,28,29)/t17-,20?/m1/s1. The molecular weight excluding hydrogens is 484 g/mol. The number of carboxylic acids is 1. The number of anilines is 1. The van der Waals surface area contributed by atoms with E-state index in [9.17, 15) is 28.4 Å². The molecule has 1 unspecified atom stereocenters. The van der Waals surface area contributed by atoms with Crippen LogP contribution in [0.5, 0.6) is 0 Å². The van der Waals surface area contributed by atoms with E-state index < -0.39 is 48.9 Å². The molecule has 0 fully saturated rings. The Balaban J connectivity index is 2.51. The summed E-state index contributed by atoms with van der Waals surface area (Å²) in [4.78, 5) is 22.3. The molecule has 0 radical (unpaired) electrons. The first-order valence-electron chi connectivity index (χ1n) is 10.1. The monoisotopic (exact) mass is 508 g/mol. The second-order valence-electron chi connectivity index (χ2n) is 8.75. The third-order valence-electron chi connectivity index (χ3n) is 5.25. The van der Waals surface area contributed by atoms with Crippen LogP contribution in [0.15, 0.2) is 47.4 Å². The molecule has 0 aliphatic heterocycles.